The molecule has 0 fully saturated rings. The predicted octanol–water partition coefficient (Wildman–Crippen LogP) is 3.54. The fraction of sp³-hybridized carbons (Fsp3) is 0.429. The van der Waals surface area contributed by atoms with Gasteiger partial charge in [-0.15, -0.1) is 0 Å². The zero-order valence-electron chi connectivity index (χ0n) is 10.2. The van der Waals surface area contributed by atoms with Crippen molar-refractivity contribution in [1.82, 2.24) is 0 Å². The van der Waals surface area contributed by atoms with E-state index in [2.05, 4.69) is 13.8 Å². The summed E-state index contributed by atoms with van der Waals surface area (Å²) >= 11 is 0. The molecule has 0 heterocycles. The Morgan fingerprint density at radius 1 is 1.25 bits per heavy atom. The van der Waals surface area contributed by atoms with Gasteiger partial charge in [-0.2, -0.15) is 5.26 Å². The van der Waals surface area contributed by atoms with Crippen molar-refractivity contribution >= 4 is 5.78 Å². The number of rotatable bonds is 3. The SMILES string of the molecule is CC(C)c1ccc(C(=O)C(C)(C)C#N)cc1. The molecule has 0 spiro atoms. The molecule has 0 N–H and O–H groups in total. The van der Waals surface area contributed by atoms with Gasteiger partial charge in [0.1, 0.15) is 5.41 Å². The quantitative estimate of drug-likeness (QED) is 0.723. The Labute approximate surface area is 96.9 Å². The van der Waals surface area contributed by atoms with Gasteiger partial charge < -0.3 is 0 Å². The third-order valence-electron chi connectivity index (χ3n) is 2.69. The summed E-state index contributed by atoms with van der Waals surface area (Å²) in [6.07, 6.45) is 0. The molecular formula is C14H17NO. The Hall–Kier alpha value is -1.62. The summed E-state index contributed by atoms with van der Waals surface area (Å²) in [5.74, 6) is 0.332. The lowest BCUT2D eigenvalue weighted by molar-refractivity contribution is 0.0892. The lowest BCUT2D eigenvalue weighted by Crippen LogP contribution is -2.22. The monoisotopic (exact) mass is 215 g/mol. The van der Waals surface area contributed by atoms with Gasteiger partial charge >= 0.3 is 0 Å². The minimum absolute atomic E-state index is 0.120. The van der Waals surface area contributed by atoms with Crippen LogP contribution in [0.3, 0.4) is 0 Å². The number of ketones is 1. The van der Waals surface area contributed by atoms with E-state index in [0.29, 0.717) is 11.5 Å². The van der Waals surface area contributed by atoms with E-state index in [1.165, 1.54) is 5.56 Å². The summed E-state index contributed by atoms with van der Waals surface area (Å²) in [7, 11) is 0. The molecule has 1 aromatic carbocycles. The molecule has 1 rings (SSSR count). The number of nitriles is 1. The fourth-order valence-electron chi connectivity index (χ4n) is 1.43. The normalized spacial score (nSPS) is 11.2. The van der Waals surface area contributed by atoms with E-state index in [0.717, 1.165) is 0 Å². The molecule has 0 amide bonds. The maximum absolute atomic E-state index is 12.0. The highest BCUT2D eigenvalue weighted by Gasteiger charge is 2.28. The molecule has 0 bridgehead atoms. The molecule has 2 nitrogen and oxygen atoms in total. The Morgan fingerprint density at radius 2 is 1.75 bits per heavy atom. The average Bonchev–Trinajstić information content (AvgIpc) is 2.28. The van der Waals surface area contributed by atoms with Crippen LogP contribution in [0.2, 0.25) is 0 Å². The molecule has 16 heavy (non-hydrogen) atoms. The molecule has 0 aromatic heterocycles. The van der Waals surface area contributed by atoms with Crippen LogP contribution in [0.5, 0.6) is 0 Å². The van der Waals surface area contributed by atoms with Crippen molar-refractivity contribution in [2.45, 2.75) is 33.6 Å². The summed E-state index contributed by atoms with van der Waals surface area (Å²) < 4.78 is 0. The number of nitrogens with zero attached hydrogens (tertiary/aromatic N) is 1. The molecule has 1 aromatic rings. The first-order chi connectivity index (χ1) is 7.38. The number of hydrogen-bond acceptors (Lipinski definition) is 2. The first-order valence-electron chi connectivity index (χ1n) is 5.44. The minimum atomic E-state index is -0.945. The summed E-state index contributed by atoms with van der Waals surface area (Å²) in [6, 6.07) is 9.53. The number of carbonyl (C=O) groups is 1. The number of benzene rings is 1. The summed E-state index contributed by atoms with van der Waals surface area (Å²) in [6.45, 7) is 7.50. The van der Waals surface area contributed by atoms with Gasteiger partial charge in [0.15, 0.2) is 5.78 Å². The van der Waals surface area contributed by atoms with Gasteiger partial charge in [0.2, 0.25) is 0 Å². The van der Waals surface area contributed by atoms with Crippen LogP contribution in [0.4, 0.5) is 0 Å². The fourth-order valence-corrected chi connectivity index (χ4v) is 1.43. The van der Waals surface area contributed by atoms with Gasteiger partial charge in [-0.25, -0.2) is 0 Å². The van der Waals surface area contributed by atoms with Crippen molar-refractivity contribution in [2.24, 2.45) is 5.41 Å². The van der Waals surface area contributed by atoms with Gasteiger partial charge in [0.25, 0.3) is 0 Å². The molecule has 84 valence electrons. The second-order valence-electron chi connectivity index (χ2n) is 4.84. The standard InChI is InChI=1S/C14H17NO/c1-10(2)11-5-7-12(8-6-11)13(16)14(3,4)9-15/h5-8,10H,1-4H3. The minimum Gasteiger partial charge on any atom is -0.292 e. The lowest BCUT2D eigenvalue weighted by Gasteiger charge is -2.14. The molecule has 0 atom stereocenters. The lowest BCUT2D eigenvalue weighted by atomic mass is 9.85. The van der Waals surface area contributed by atoms with E-state index in [9.17, 15) is 4.79 Å². The Bertz CT molecular complexity index is 421. The van der Waals surface area contributed by atoms with Gasteiger partial charge in [-0.3, -0.25) is 4.79 Å². The van der Waals surface area contributed by atoms with E-state index in [1.807, 2.05) is 18.2 Å². The zero-order chi connectivity index (χ0) is 12.3. The highest BCUT2D eigenvalue weighted by Crippen LogP contribution is 2.22. The van der Waals surface area contributed by atoms with Crippen LogP contribution in [-0.2, 0) is 0 Å². The van der Waals surface area contributed by atoms with Gasteiger partial charge in [-0.1, -0.05) is 38.1 Å². The highest BCUT2D eigenvalue weighted by molar-refractivity contribution is 6.01. The summed E-state index contributed by atoms with van der Waals surface area (Å²) in [5, 5.41) is 8.90. The number of carbonyl (C=O) groups excluding carboxylic acids is 1. The molecule has 0 radical (unpaired) electrons. The van der Waals surface area contributed by atoms with Gasteiger partial charge in [0.05, 0.1) is 6.07 Å². The number of hydrogen-bond donors (Lipinski definition) is 0. The Balaban J connectivity index is 3.00. The van der Waals surface area contributed by atoms with Gasteiger partial charge in [-0.05, 0) is 25.3 Å². The maximum atomic E-state index is 12.0. The largest absolute Gasteiger partial charge is 0.292 e. The molecule has 0 saturated heterocycles. The van der Waals surface area contributed by atoms with Crippen LogP contribution in [0.1, 0.15) is 49.5 Å². The first kappa shape index (κ1) is 12.4. The molecule has 2 heteroatoms. The van der Waals surface area contributed by atoms with E-state index in [1.54, 1.807) is 26.0 Å². The average molecular weight is 215 g/mol. The maximum Gasteiger partial charge on any atom is 0.182 e. The summed E-state index contributed by atoms with van der Waals surface area (Å²) in [5.41, 5.74) is 0.863. The van der Waals surface area contributed by atoms with Crippen LogP contribution in [0.25, 0.3) is 0 Å². The van der Waals surface area contributed by atoms with Crippen molar-refractivity contribution in [2.75, 3.05) is 0 Å². The van der Waals surface area contributed by atoms with Crippen molar-refractivity contribution in [3.63, 3.8) is 0 Å². The van der Waals surface area contributed by atoms with E-state index in [-0.39, 0.29) is 5.78 Å². The molecule has 0 unspecified atom stereocenters. The van der Waals surface area contributed by atoms with Crippen molar-refractivity contribution in [3.8, 4) is 6.07 Å². The van der Waals surface area contributed by atoms with E-state index >= 15 is 0 Å². The van der Waals surface area contributed by atoms with Crippen molar-refractivity contribution in [1.29, 1.82) is 5.26 Å². The molecular weight excluding hydrogens is 198 g/mol. The van der Waals surface area contributed by atoms with E-state index < -0.39 is 5.41 Å². The second-order valence-corrected chi connectivity index (χ2v) is 4.84. The predicted molar refractivity (Wildman–Crippen MR) is 64.3 cm³/mol. The van der Waals surface area contributed by atoms with Crippen molar-refractivity contribution in [3.05, 3.63) is 35.4 Å². The number of Topliss-reactive ketones (excluding diaryl/α,β-unsaturated/α-hetero) is 1. The van der Waals surface area contributed by atoms with Crippen LogP contribution < -0.4 is 0 Å². The van der Waals surface area contributed by atoms with Crippen LogP contribution in [0.15, 0.2) is 24.3 Å². The van der Waals surface area contributed by atoms with Crippen LogP contribution >= 0.6 is 0 Å². The van der Waals surface area contributed by atoms with Gasteiger partial charge in [0, 0.05) is 5.56 Å². The van der Waals surface area contributed by atoms with Crippen LogP contribution in [0, 0.1) is 16.7 Å². The van der Waals surface area contributed by atoms with Crippen LogP contribution in [-0.4, -0.2) is 5.78 Å². The third-order valence-corrected chi connectivity index (χ3v) is 2.69. The summed E-state index contributed by atoms with van der Waals surface area (Å²) in [4.78, 5) is 12.0. The molecule has 0 aliphatic carbocycles. The Morgan fingerprint density at radius 3 is 2.12 bits per heavy atom. The van der Waals surface area contributed by atoms with Crippen molar-refractivity contribution < 1.29 is 4.79 Å². The molecule has 0 aliphatic rings. The molecule has 0 aliphatic heterocycles. The molecule has 0 saturated carbocycles. The third kappa shape index (κ3) is 2.49. The topological polar surface area (TPSA) is 40.9 Å². The first-order valence-corrected chi connectivity index (χ1v) is 5.44. The second kappa shape index (κ2) is 4.49. The zero-order valence-corrected chi connectivity index (χ0v) is 10.2. The Kier molecular flexibility index (Phi) is 3.49. The van der Waals surface area contributed by atoms with E-state index in [4.69, 9.17) is 5.26 Å². The highest BCUT2D eigenvalue weighted by atomic mass is 16.1. The smallest absolute Gasteiger partial charge is 0.182 e.